The van der Waals surface area contributed by atoms with Crippen molar-refractivity contribution in [2.75, 3.05) is 26.2 Å². The lowest BCUT2D eigenvalue weighted by atomic mass is 9.96. The van der Waals surface area contributed by atoms with E-state index in [0.717, 1.165) is 11.8 Å². The number of nitrogens with zero attached hydrogens (tertiary/aromatic N) is 1. The van der Waals surface area contributed by atoms with Crippen molar-refractivity contribution in [3.63, 3.8) is 0 Å². The number of aliphatic hydroxyl groups excluding tert-OH is 3. The Bertz CT molecular complexity index is 3230. The molecule has 1 aliphatic heterocycles. The third-order valence-electron chi connectivity index (χ3n) is 18.1. The van der Waals surface area contributed by atoms with E-state index in [9.17, 15) is 112 Å². The molecule has 0 aromatic carbocycles. The Balaban J connectivity index is 3.27. The highest BCUT2D eigenvalue weighted by Gasteiger charge is 2.43. The highest BCUT2D eigenvalue weighted by atomic mass is 16.4. The van der Waals surface area contributed by atoms with Crippen LogP contribution in [0.15, 0.2) is 0 Å². The van der Waals surface area contributed by atoms with Gasteiger partial charge in [0, 0.05) is 13.5 Å². The smallest absolute Gasteiger partial charge is 0.326 e. The topological polar surface area (TPSA) is 652 Å². The lowest BCUT2D eigenvalue weighted by Gasteiger charge is -2.32. The zero-order chi connectivity index (χ0) is 85.7. The average molecular weight is 1600 g/mol. The molecule has 15 amide bonds. The summed E-state index contributed by atoms with van der Waals surface area (Å²) < 4.78 is 0. The Kier molecular flexibility index (Phi) is 45.0. The number of nitrogens with two attached hydrogens (primary N) is 2. The monoisotopic (exact) mass is 1600 g/mol. The van der Waals surface area contributed by atoms with E-state index in [1.165, 1.54) is 41.5 Å². The minimum atomic E-state index is -2.02. The lowest BCUT2D eigenvalue weighted by Crippen LogP contribution is -2.62. The first-order valence-electron chi connectivity index (χ1n) is 37.8. The van der Waals surface area contributed by atoms with E-state index in [-0.39, 0.29) is 102 Å². The standard InChI is InChI=1S/C71H123N17O24/c1-15-36(8)54(68(108)82-48(30-52(93)94)64(104)83-49(71(111)112)31-53(95)96)85-61(101)44(22-17-19-25-73)79-66(106)50(32-89)84-59(99)38(10)74-57(97)37(9)75-60(100)43(21-16-18-24-72)78-58(98)39(11)76-69(109)55(40(12)90)86-67(107)51-23-20-26-88(51)70(110)56(41(13)91)87-65(105)47(29-35(6)7)81-63(103)46(28-34(4)5)80-62(102)45(27-33(2)3)77-42(14)92/h33-41,43-51,54-56,89-91H,15-32,72-73H2,1-14H3,(H,74,97)(H,75,100)(H,76,109)(H,77,92)(H,78,98)(H,79,106)(H,80,102)(H,81,103)(H,82,108)(H,83,104)(H,84,99)(H,85,101)(H,86,107)(H,87,105)(H,93,94)(H,95,96)(H,111,112)/t36-,37-,38-,39-,40+,41+,43-,44-,45-,46-,47-,48-,49-,50-,51-,54-,55-,56-/m0/s1. The zero-order valence-electron chi connectivity index (χ0n) is 66.5. The van der Waals surface area contributed by atoms with Crippen molar-refractivity contribution >= 4 is 107 Å². The van der Waals surface area contributed by atoms with Gasteiger partial charge in [0.2, 0.25) is 88.6 Å². The number of carboxylic acids is 3. The van der Waals surface area contributed by atoms with Crippen LogP contribution in [0.1, 0.15) is 187 Å². The van der Waals surface area contributed by atoms with Gasteiger partial charge >= 0.3 is 17.9 Å². The largest absolute Gasteiger partial charge is 0.481 e. The van der Waals surface area contributed by atoms with Crippen LogP contribution in [0.3, 0.4) is 0 Å². The van der Waals surface area contributed by atoms with E-state index in [0.29, 0.717) is 12.8 Å². The van der Waals surface area contributed by atoms with Gasteiger partial charge in [0.1, 0.15) is 90.6 Å². The molecule has 636 valence electrons. The maximum absolute atomic E-state index is 14.4. The number of amides is 15. The molecule has 41 heteroatoms. The van der Waals surface area contributed by atoms with Crippen LogP contribution in [-0.2, 0) is 86.3 Å². The molecule has 1 rings (SSSR count). The molecule has 0 saturated carbocycles. The summed E-state index contributed by atoms with van der Waals surface area (Å²) in [5.41, 5.74) is 11.4. The highest BCUT2D eigenvalue weighted by Crippen LogP contribution is 2.21. The SMILES string of the molecule is CC[C@H](C)[C@H](NC(=O)[C@H](CCCCN)NC(=O)[C@H](CO)NC(=O)[C@H](C)NC(=O)[C@H](C)NC(=O)[C@H](CCCCN)NC(=O)[C@H](C)NC(=O)[C@@H](NC(=O)[C@@H]1CCCN1C(=O)[C@@H](NC(=O)[C@H](CC(C)C)NC(=O)[C@H](CC(C)C)NC(=O)[C@H](CC(C)C)NC(C)=O)[C@@H](C)O)[C@@H](C)O)C(=O)N[C@@H](CC(=O)O)C(=O)N[C@@H](CC(=O)O)C(=O)O. The number of carboxylic acid groups (broad SMARTS) is 3. The van der Waals surface area contributed by atoms with Crippen molar-refractivity contribution in [3.8, 4) is 0 Å². The predicted molar refractivity (Wildman–Crippen MR) is 401 cm³/mol. The van der Waals surface area contributed by atoms with E-state index in [2.05, 4.69) is 69.1 Å². The molecule has 1 fully saturated rings. The fourth-order valence-corrected chi connectivity index (χ4v) is 11.7. The molecule has 0 bridgehead atoms. The van der Waals surface area contributed by atoms with Crippen LogP contribution in [-0.4, -0.2) is 271 Å². The number of aliphatic hydroxyl groups is 3. The van der Waals surface area contributed by atoms with Gasteiger partial charge in [0.05, 0.1) is 31.7 Å². The van der Waals surface area contributed by atoms with E-state index in [1.807, 2.05) is 33.0 Å². The molecule has 0 radical (unpaired) electrons. The zero-order valence-corrected chi connectivity index (χ0v) is 66.5. The number of hydrogen-bond donors (Lipinski definition) is 22. The summed E-state index contributed by atoms with van der Waals surface area (Å²) >= 11 is 0. The number of carbonyl (C=O) groups is 18. The number of unbranched alkanes of at least 4 members (excludes halogenated alkanes) is 2. The van der Waals surface area contributed by atoms with Gasteiger partial charge in [-0.3, -0.25) is 81.5 Å². The van der Waals surface area contributed by atoms with Crippen molar-refractivity contribution in [3.05, 3.63) is 0 Å². The molecular formula is C71H123N17O24. The van der Waals surface area contributed by atoms with Crippen molar-refractivity contribution in [2.24, 2.45) is 35.1 Å². The van der Waals surface area contributed by atoms with Crippen LogP contribution in [0.25, 0.3) is 0 Å². The van der Waals surface area contributed by atoms with Gasteiger partial charge in [-0.2, -0.15) is 0 Å². The molecule has 0 aliphatic carbocycles. The third kappa shape index (κ3) is 35.7. The molecule has 0 unspecified atom stereocenters. The molecule has 24 N–H and O–H groups in total. The summed E-state index contributed by atoms with van der Waals surface area (Å²) in [6.45, 7) is 20.4. The minimum Gasteiger partial charge on any atom is -0.481 e. The molecule has 41 nitrogen and oxygen atoms in total. The second-order valence-corrected chi connectivity index (χ2v) is 29.6. The van der Waals surface area contributed by atoms with Crippen LogP contribution in [0, 0.1) is 23.7 Å². The number of nitrogens with one attached hydrogen (secondary N) is 14. The van der Waals surface area contributed by atoms with Gasteiger partial charge in [-0.1, -0.05) is 61.8 Å². The molecule has 112 heavy (non-hydrogen) atoms. The first kappa shape index (κ1) is 100. The van der Waals surface area contributed by atoms with Crippen molar-refractivity contribution in [2.45, 2.75) is 290 Å². The Hall–Kier alpha value is -9.74. The van der Waals surface area contributed by atoms with Crippen LogP contribution < -0.4 is 85.9 Å². The summed E-state index contributed by atoms with van der Waals surface area (Å²) in [5.74, 6) is -20.4. The summed E-state index contributed by atoms with van der Waals surface area (Å²) in [4.78, 5) is 241. The number of likely N-dealkylation sites (tertiary alicyclic amines) is 1. The molecule has 1 saturated heterocycles. The fraction of sp³-hybridized carbons (Fsp3) is 0.746. The number of aliphatic carboxylic acids is 3. The molecule has 0 spiro atoms. The number of hydrogen-bond acceptors (Lipinski definition) is 23. The lowest BCUT2D eigenvalue weighted by molar-refractivity contribution is -0.148. The summed E-state index contributed by atoms with van der Waals surface area (Å²) in [5, 5.41) is 94.0. The van der Waals surface area contributed by atoms with E-state index in [1.54, 1.807) is 20.8 Å². The Labute approximate surface area is 651 Å². The van der Waals surface area contributed by atoms with Gasteiger partial charge in [-0.25, -0.2) is 4.79 Å². The van der Waals surface area contributed by atoms with Crippen molar-refractivity contribution < 1.29 is 117 Å². The van der Waals surface area contributed by atoms with Gasteiger partial charge in [0.15, 0.2) is 0 Å². The van der Waals surface area contributed by atoms with Crippen molar-refractivity contribution in [1.82, 2.24) is 79.3 Å². The van der Waals surface area contributed by atoms with Gasteiger partial charge in [-0.05, 0) is 142 Å². The first-order chi connectivity index (χ1) is 52.2. The van der Waals surface area contributed by atoms with Crippen LogP contribution in [0.4, 0.5) is 0 Å². The molecular weight excluding hydrogens is 1470 g/mol. The van der Waals surface area contributed by atoms with E-state index < -0.39 is 235 Å². The minimum absolute atomic E-state index is 0.00947. The first-order valence-corrected chi connectivity index (χ1v) is 37.8. The maximum atomic E-state index is 14.4. The summed E-state index contributed by atoms with van der Waals surface area (Å²) in [7, 11) is 0. The molecule has 0 aromatic heterocycles. The Morgan fingerprint density at radius 1 is 0.393 bits per heavy atom. The molecule has 18 atom stereocenters. The van der Waals surface area contributed by atoms with Gasteiger partial charge in [0.25, 0.3) is 0 Å². The van der Waals surface area contributed by atoms with Crippen LogP contribution >= 0.6 is 0 Å². The third-order valence-corrected chi connectivity index (χ3v) is 18.1. The highest BCUT2D eigenvalue weighted by molar-refractivity contribution is 6.01. The average Bonchev–Trinajstić information content (AvgIpc) is 1.62. The summed E-state index contributed by atoms with van der Waals surface area (Å²) in [6, 6.07) is -22.9. The van der Waals surface area contributed by atoms with Crippen molar-refractivity contribution in [1.29, 1.82) is 0 Å². The number of carbonyl (C=O) groups excluding carboxylic acids is 15. The molecule has 1 aliphatic rings. The Morgan fingerprint density at radius 3 is 1.15 bits per heavy atom. The predicted octanol–water partition coefficient (Wildman–Crippen LogP) is -5.93. The second-order valence-electron chi connectivity index (χ2n) is 29.6. The molecule has 1 heterocycles. The second kappa shape index (κ2) is 50.3. The molecule has 0 aromatic rings. The van der Waals surface area contributed by atoms with E-state index in [4.69, 9.17) is 16.6 Å². The number of rotatable bonds is 52. The Morgan fingerprint density at radius 2 is 0.732 bits per heavy atom. The summed E-state index contributed by atoms with van der Waals surface area (Å²) in [6.07, 6.45) is -3.64. The maximum Gasteiger partial charge on any atom is 0.326 e. The quantitative estimate of drug-likeness (QED) is 0.0252. The van der Waals surface area contributed by atoms with Gasteiger partial charge in [-0.15, -0.1) is 0 Å². The fourth-order valence-electron chi connectivity index (χ4n) is 11.7. The van der Waals surface area contributed by atoms with Gasteiger partial charge < -0.3 is 121 Å². The van der Waals surface area contributed by atoms with Crippen LogP contribution in [0.5, 0.6) is 0 Å². The van der Waals surface area contributed by atoms with E-state index >= 15 is 0 Å². The normalized spacial score (nSPS) is 17.2. The van der Waals surface area contributed by atoms with Crippen LogP contribution in [0.2, 0.25) is 0 Å².